The second-order valence-electron chi connectivity index (χ2n) is 4.40. The van der Waals surface area contributed by atoms with Crippen LogP contribution >= 0.6 is 23.1 Å². The summed E-state index contributed by atoms with van der Waals surface area (Å²) in [5, 5.41) is 0.134. The summed E-state index contributed by atoms with van der Waals surface area (Å²) in [7, 11) is 0. The predicted molar refractivity (Wildman–Crippen MR) is 79.5 cm³/mol. The summed E-state index contributed by atoms with van der Waals surface area (Å²) in [6, 6.07) is 10.2. The summed E-state index contributed by atoms with van der Waals surface area (Å²) in [5.74, 6) is 1.10. The van der Waals surface area contributed by atoms with Gasteiger partial charge in [-0.3, -0.25) is 4.79 Å². The predicted octanol–water partition coefficient (Wildman–Crippen LogP) is 3.34. The van der Waals surface area contributed by atoms with E-state index < -0.39 is 0 Å². The number of hydrogen-bond donors (Lipinski definition) is 0. The van der Waals surface area contributed by atoms with E-state index in [1.54, 1.807) is 5.51 Å². The monoisotopic (exact) mass is 290 g/mol. The maximum Gasteiger partial charge on any atom is 0.267 e. The van der Waals surface area contributed by atoms with Crippen molar-refractivity contribution in [3.63, 3.8) is 0 Å². The number of nitrogens with zero attached hydrogens (tertiary/aromatic N) is 2. The third-order valence-corrected chi connectivity index (χ3v) is 5.35. The van der Waals surface area contributed by atoms with Crippen LogP contribution in [0.1, 0.15) is 26.3 Å². The molecule has 1 atom stereocenters. The molecule has 1 saturated heterocycles. The molecule has 1 unspecified atom stereocenters. The Labute approximate surface area is 120 Å². The van der Waals surface area contributed by atoms with E-state index in [9.17, 15) is 4.79 Å². The smallest absolute Gasteiger partial charge is 0.267 e. The zero-order valence-electron chi connectivity index (χ0n) is 10.6. The van der Waals surface area contributed by atoms with E-state index in [0.29, 0.717) is 0 Å². The maximum atomic E-state index is 12.6. The highest BCUT2D eigenvalue weighted by atomic mass is 32.2. The van der Waals surface area contributed by atoms with E-state index in [2.05, 4.69) is 17.1 Å². The van der Waals surface area contributed by atoms with Crippen LogP contribution in [0.4, 0.5) is 0 Å². The van der Waals surface area contributed by atoms with Gasteiger partial charge in [0.15, 0.2) is 0 Å². The minimum atomic E-state index is 0.110. The average Bonchev–Trinajstić information content (AvgIpc) is 3.07. The van der Waals surface area contributed by atoms with Crippen molar-refractivity contribution in [2.45, 2.75) is 12.3 Å². The number of thiazole rings is 1. The summed E-state index contributed by atoms with van der Waals surface area (Å²) in [6.45, 7) is 2.70. The molecule has 1 aromatic carbocycles. The Morgan fingerprint density at radius 3 is 2.84 bits per heavy atom. The van der Waals surface area contributed by atoms with Gasteiger partial charge < -0.3 is 4.90 Å². The van der Waals surface area contributed by atoms with Crippen LogP contribution in [0.25, 0.3) is 0 Å². The van der Waals surface area contributed by atoms with Gasteiger partial charge in [0.05, 0.1) is 11.2 Å². The second-order valence-corrected chi connectivity index (χ2v) is 6.44. The summed E-state index contributed by atoms with van der Waals surface area (Å²) in [6.07, 6.45) is 0. The number of thioether (sulfide) groups is 1. The van der Waals surface area contributed by atoms with Crippen molar-refractivity contribution in [2.75, 3.05) is 12.3 Å². The Morgan fingerprint density at radius 2 is 2.16 bits per heavy atom. The molecule has 3 nitrogen and oxygen atoms in total. The zero-order chi connectivity index (χ0) is 13.2. The first-order valence-electron chi connectivity index (χ1n) is 6.15. The summed E-state index contributed by atoms with van der Waals surface area (Å²) in [4.78, 5) is 19.5. The molecular formula is C14H14N2OS2. The van der Waals surface area contributed by atoms with Gasteiger partial charge in [-0.25, -0.2) is 4.98 Å². The van der Waals surface area contributed by atoms with Gasteiger partial charge in [-0.15, -0.1) is 23.1 Å². The molecule has 0 N–H and O–H groups in total. The number of carbonyl (C=O) groups excluding carboxylic acids is 1. The Morgan fingerprint density at radius 1 is 1.37 bits per heavy atom. The Hall–Kier alpha value is -1.33. The van der Waals surface area contributed by atoms with Crippen LogP contribution in [0.5, 0.6) is 0 Å². The molecule has 1 aliphatic rings. The van der Waals surface area contributed by atoms with E-state index >= 15 is 0 Å². The molecule has 1 aliphatic heterocycles. The first-order valence-corrected chi connectivity index (χ1v) is 8.08. The van der Waals surface area contributed by atoms with Gasteiger partial charge >= 0.3 is 0 Å². The number of hydrogen-bond acceptors (Lipinski definition) is 4. The van der Waals surface area contributed by atoms with Crippen LogP contribution in [-0.4, -0.2) is 28.1 Å². The second kappa shape index (κ2) is 5.35. The van der Waals surface area contributed by atoms with E-state index in [1.165, 1.54) is 16.9 Å². The van der Waals surface area contributed by atoms with E-state index in [4.69, 9.17) is 0 Å². The molecule has 0 bridgehead atoms. The standard InChI is InChI=1S/C14H14N2OS2/c1-10-12(19-9-15-10)13(17)16-7-8-18-14(16)11-5-3-2-4-6-11/h2-6,9,14H,7-8H2,1H3. The van der Waals surface area contributed by atoms with E-state index in [1.807, 2.05) is 41.8 Å². The molecular weight excluding hydrogens is 276 g/mol. The van der Waals surface area contributed by atoms with Crippen LogP contribution in [-0.2, 0) is 0 Å². The van der Waals surface area contributed by atoms with Crippen molar-refractivity contribution in [1.82, 2.24) is 9.88 Å². The van der Waals surface area contributed by atoms with Gasteiger partial charge in [0, 0.05) is 12.3 Å². The van der Waals surface area contributed by atoms with E-state index in [-0.39, 0.29) is 11.3 Å². The number of carbonyl (C=O) groups is 1. The van der Waals surface area contributed by atoms with Crippen LogP contribution in [0.15, 0.2) is 35.8 Å². The van der Waals surface area contributed by atoms with Crippen molar-refractivity contribution >= 4 is 29.0 Å². The number of aromatic nitrogens is 1. The first kappa shape index (κ1) is 12.7. The minimum absolute atomic E-state index is 0.110. The molecule has 0 radical (unpaired) electrons. The minimum Gasteiger partial charge on any atom is -0.321 e. The lowest BCUT2D eigenvalue weighted by atomic mass is 10.2. The number of benzene rings is 1. The molecule has 5 heteroatoms. The Balaban J connectivity index is 1.88. The van der Waals surface area contributed by atoms with Gasteiger partial charge in [-0.1, -0.05) is 30.3 Å². The molecule has 2 aromatic rings. The van der Waals surface area contributed by atoms with Gasteiger partial charge in [0.2, 0.25) is 0 Å². The average molecular weight is 290 g/mol. The zero-order valence-corrected chi connectivity index (χ0v) is 12.2. The first-order chi connectivity index (χ1) is 9.27. The molecule has 3 rings (SSSR count). The van der Waals surface area contributed by atoms with Crippen LogP contribution < -0.4 is 0 Å². The number of aryl methyl sites for hydroxylation is 1. The number of rotatable bonds is 2. The summed E-state index contributed by atoms with van der Waals surface area (Å²) in [5.41, 5.74) is 3.77. The lowest BCUT2D eigenvalue weighted by Crippen LogP contribution is -2.30. The van der Waals surface area contributed by atoms with E-state index in [0.717, 1.165) is 22.9 Å². The largest absolute Gasteiger partial charge is 0.321 e. The molecule has 19 heavy (non-hydrogen) atoms. The summed E-state index contributed by atoms with van der Waals surface area (Å²) >= 11 is 3.25. The highest BCUT2D eigenvalue weighted by molar-refractivity contribution is 7.99. The Kier molecular flexibility index (Phi) is 3.57. The fourth-order valence-corrected chi connectivity index (χ4v) is 4.22. The van der Waals surface area contributed by atoms with Gasteiger partial charge in [-0.05, 0) is 12.5 Å². The molecule has 1 aromatic heterocycles. The lowest BCUT2D eigenvalue weighted by molar-refractivity contribution is 0.0764. The van der Waals surface area contributed by atoms with Gasteiger partial charge in [0.25, 0.3) is 5.91 Å². The molecule has 0 saturated carbocycles. The Bertz CT molecular complexity index is 582. The number of amides is 1. The highest BCUT2D eigenvalue weighted by Gasteiger charge is 2.32. The fourth-order valence-electron chi connectivity index (χ4n) is 2.21. The topological polar surface area (TPSA) is 33.2 Å². The van der Waals surface area contributed by atoms with Gasteiger partial charge in [0.1, 0.15) is 10.3 Å². The fraction of sp³-hybridized carbons (Fsp3) is 0.286. The maximum absolute atomic E-state index is 12.6. The SMILES string of the molecule is Cc1ncsc1C(=O)N1CCSC1c1ccccc1. The van der Waals surface area contributed by atoms with Gasteiger partial charge in [-0.2, -0.15) is 0 Å². The summed E-state index contributed by atoms with van der Waals surface area (Å²) < 4.78 is 0. The van der Waals surface area contributed by atoms with Crippen LogP contribution in [0.3, 0.4) is 0 Å². The van der Waals surface area contributed by atoms with Crippen LogP contribution in [0, 0.1) is 6.92 Å². The van der Waals surface area contributed by atoms with Crippen molar-refractivity contribution in [3.05, 3.63) is 52.0 Å². The molecule has 0 spiro atoms. The third-order valence-electron chi connectivity index (χ3n) is 3.18. The molecule has 1 amide bonds. The highest BCUT2D eigenvalue weighted by Crippen LogP contribution is 2.39. The molecule has 0 aliphatic carbocycles. The quantitative estimate of drug-likeness (QED) is 0.850. The molecule has 1 fully saturated rings. The van der Waals surface area contributed by atoms with Crippen LogP contribution in [0.2, 0.25) is 0 Å². The normalized spacial score (nSPS) is 18.8. The third kappa shape index (κ3) is 2.40. The molecule has 98 valence electrons. The molecule has 2 heterocycles. The van der Waals surface area contributed by atoms with Crippen molar-refractivity contribution in [3.8, 4) is 0 Å². The van der Waals surface area contributed by atoms with Crippen molar-refractivity contribution in [2.24, 2.45) is 0 Å². The van der Waals surface area contributed by atoms with Crippen molar-refractivity contribution < 1.29 is 4.79 Å². The van der Waals surface area contributed by atoms with Crippen molar-refractivity contribution in [1.29, 1.82) is 0 Å². The lowest BCUT2D eigenvalue weighted by Gasteiger charge is -2.23.